The lowest BCUT2D eigenvalue weighted by molar-refractivity contribution is -0.134. The molecule has 1 aliphatic rings. The van der Waals surface area contributed by atoms with Gasteiger partial charge in [0.1, 0.15) is 0 Å². The number of thiol groups is 1. The van der Waals surface area contributed by atoms with Gasteiger partial charge in [0.2, 0.25) is 11.8 Å². The second-order valence-electron chi connectivity index (χ2n) is 7.58. The maximum atomic E-state index is 11.9. The molecule has 1 unspecified atom stereocenters. The molecule has 10 heteroatoms. The first-order chi connectivity index (χ1) is 16.1. The molecule has 1 aromatic carbocycles. The van der Waals surface area contributed by atoms with Crippen LogP contribution in [0.3, 0.4) is 0 Å². The fraction of sp³-hybridized carbons (Fsp3) is 0.565. The number of hydrogen-bond acceptors (Lipinski definition) is 9. The minimum atomic E-state index is -0.259. The van der Waals surface area contributed by atoms with Crippen LogP contribution in [0, 0.1) is 0 Å². The molecule has 0 saturated carbocycles. The second kappa shape index (κ2) is 16.4. The Balaban J connectivity index is 1.45. The van der Waals surface area contributed by atoms with Crippen LogP contribution in [0.5, 0.6) is 0 Å². The number of benzene rings is 1. The summed E-state index contributed by atoms with van der Waals surface area (Å²) < 4.78 is 16.5. The summed E-state index contributed by atoms with van der Waals surface area (Å²) in [5.41, 5.74) is 8.34. The van der Waals surface area contributed by atoms with Crippen molar-refractivity contribution in [1.82, 2.24) is 10.6 Å². The minimum absolute atomic E-state index is 0.198. The lowest BCUT2D eigenvalue weighted by atomic mass is 9.90. The summed E-state index contributed by atoms with van der Waals surface area (Å²) in [5.74, 6) is 0.132. The van der Waals surface area contributed by atoms with Crippen LogP contribution in [0.15, 0.2) is 36.2 Å². The summed E-state index contributed by atoms with van der Waals surface area (Å²) in [6, 6.07) is 7.71. The molecule has 0 bridgehead atoms. The molecule has 0 spiro atoms. The van der Waals surface area contributed by atoms with Crippen LogP contribution in [0.1, 0.15) is 30.7 Å². The molecule has 1 saturated heterocycles. The highest BCUT2D eigenvalue weighted by molar-refractivity contribution is 7.80. The summed E-state index contributed by atoms with van der Waals surface area (Å²) in [6.07, 6.45) is 3.59. The number of nitrogens with two attached hydrogens (primary N) is 1. The van der Waals surface area contributed by atoms with Crippen molar-refractivity contribution in [2.45, 2.75) is 25.2 Å². The molecule has 184 valence electrons. The monoisotopic (exact) mass is 480 g/mol. The number of rotatable bonds is 17. The molecule has 1 aliphatic heterocycles. The molecule has 1 heterocycles. The SMILES string of the molecule is N/C(=C\NCCOCCOCCNc1ccc(C2CCC(=O)NC2=O)cc1)COCCCS. The van der Waals surface area contributed by atoms with E-state index < -0.39 is 0 Å². The molecule has 0 aromatic heterocycles. The van der Waals surface area contributed by atoms with Gasteiger partial charge in [-0.1, -0.05) is 12.1 Å². The van der Waals surface area contributed by atoms with Crippen molar-refractivity contribution in [2.75, 3.05) is 63.8 Å². The molecule has 1 fully saturated rings. The van der Waals surface area contributed by atoms with E-state index in [4.69, 9.17) is 19.9 Å². The first kappa shape index (κ1) is 27.0. The summed E-state index contributed by atoms with van der Waals surface area (Å²) in [4.78, 5) is 23.2. The van der Waals surface area contributed by atoms with Crippen molar-refractivity contribution in [3.8, 4) is 0 Å². The van der Waals surface area contributed by atoms with Gasteiger partial charge in [-0.3, -0.25) is 14.9 Å². The third-order valence-electron chi connectivity index (χ3n) is 4.89. The highest BCUT2D eigenvalue weighted by atomic mass is 32.1. The van der Waals surface area contributed by atoms with E-state index in [9.17, 15) is 9.59 Å². The van der Waals surface area contributed by atoms with Gasteiger partial charge in [0.05, 0.1) is 44.6 Å². The van der Waals surface area contributed by atoms with Gasteiger partial charge in [0.25, 0.3) is 0 Å². The van der Waals surface area contributed by atoms with Crippen LogP contribution in [-0.4, -0.2) is 70.3 Å². The van der Waals surface area contributed by atoms with Crippen LogP contribution in [-0.2, 0) is 23.8 Å². The van der Waals surface area contributed by atoms with Crippen LogP contribution < -0.4 is 21.7 Å². The first-order valence-corrected chi connectivity index (χ1v) is 11.9. The van der Waals surface area contributed by atoms with Crippen LogP contribution in [0.25, 0.3) is 0 Å². The Bertz CT molecular complexity index is 745. The number of piperidine rings is 1. The van der Waals surface area contributed by atoms with Gasteiger partial charge in [0, 0.05) is 38.0 Å². The largest absolute Gasteiger partial charge is 0.399 e. The number of nitrogens with one attached hydrogen (secondary N) is 3. The molecule has 0 radical (unpaired) electrons. The maximum Gasteiger partial charge on any atom is 0.234 e. The van der Waals surface area contributed by atoms with Crippen molar-refractivity contribution >= 4 is 30.1 Å². The fourth-order valence-electron chi connectivity index (χ4n) is 3.17. The Kier molecular flexibility index (Phi) is 13.4. The Morgan fingerprint density at radius 1 is 1.06 bits per heavy atom. The Hall–Kier alpha value is -2.27. The summed E-state index contributed by atoms with van der Waals surface area (Å²) >= 11 is 4.12. The van der Waals surface area contributed by atoms with Crippen molar-refractivity contribution in [3.63, 3.8) is 0 Å². The lowest BCUT2D eigenvalue weighted by Crippen LogP contribution is -2.39. The van der Waals surface area contributed by atoms with Crippen molar-refractivity contribution in [2.24, 2.45) is 5.73 Å². The molecular weight excluding hydrogens is 444 g/mol. The Labute approximate surface area is 201 Å². The average Bonchev–Trinajstić information content (AvgIpc) is 2.81. The zero-order chi connectivity index (χ0) is 23.7. The Morgan fingerprint density at radius 2 is 1.79 bits per heavy atom. The molecule has 1 atom stereocenters. The zero-order valence-electron chi connectivity index (χ0n) is 19.0. The number of ether oxygens (including phenoxy) is 3. The molecule has 33 heavy (non-hydrogen) atoms. The second-order valence-corrected chi connectivity index (χ2v) is 8.03. The normalized spacial score (nSPS) is 16.5. The highest BCUT2D eigenvalue weighted by Gasteiger charge is 2.27. The van der Waals surface area contributed by atoms with Crippen LogP contribution >= 0.6 is 12.6 Å². The predicted molar refractivity (Wildman–Crippen MR) is 131 cm³/mol. The smallest absolute Gasteiger partial charge is 0.234 e. The summed E-state index contributed by atoms with van der Waals surface area (Å²) in [5, 5.41) is 8.76. The molecule has 1 aromatic rings. The minimum Gasteiger partial charge on any atom is -0.399 e. The maximum absolute atomic E-state index is 11.9. The van der Waals surface area contributed by atoms with Gasteiger partial charge in [-0.05, 0) is 36.3 Å². The number of anilines is 1. The standard InChI is InChI=1S/C23H36N4O5S/c24-19(17-32-10-1-15-33)16-25-8-11-30-13-14-31-12-9-26-20-4-2-18(3-5-20)21-6-7-22(28)27-23(21)29/h2-5,16,21,25-26,33H,1,6-15,17,24H2,(H,27,28,29)/b19-16-. The number of hydrogen-bond donors (Lipinski definition) is 5. The molecule has 2 amide bonds. The van der Waals surface area contributed by atoms with Crippen LogP contribution in [0.4, 0.5) is 5.69 Å². The average molecular weight is 481 g/mol. The predicted octanol–water partition coefficient (Wildman–Crippen LogP) is 1.38. The van der Waals surface area contributed by atoms with E-state index in [0.29, 0.717) is 71.3 Å². The van der Waals surface area contributed by atoms with E-state index in [1.54, 1.807) is 6.20 Å². The van der Waals surface area contributed by atoms with E-state index in [-0.39, 0.29) is 17.7 Å². The highest BCUT2D eigenvalue weighted by Crippen LogP contribution is 2.25. The van der Waals surface area contributed by atoms with Gasteiger partial charge >= 0.3 is 0 Å². The van der Waals surface area contributed by atoms with Gasteiger partial charge in [-0.25, -0.2) is 0 Å². The number of carbonyl (C=O) groups excluding carboxylic acids is 2. The van der Waals surface area contributed by atoms with Crippen molar-refractivity contribution < 1.29 is 23.8 Å². The van der Waals surface area contributed by atoms with E-state index >= 15 is 0 Å². The van der Waals surface area contributed by atoms with Crippen molar-refractivity contribution in [1.29, 1.82) is 0 Å². The van der Waals surface area contributed by atoms with E-state index in [1.807, 2.05) is 24.3 Å². The van der Waals surface area contributed by atoms with Crippen molar-refractivity contribution in [3.05, 3.63) is 41.7 Å². The van der Waals surface area contributed by atoms with Crippen LogP contribution in [0.2, 0.25) is 0 Å². The van der Waals surface area contributed by atoms with E-state index in [0.717, 1.165) is 23.4 Å². The van der Waals surface area contributed by atoms with E-state index in [2.05, 4.69) is 28.6 Å². The molecule has 5 N–H and O–H groups in total. The zero-order valence-corrected chi connectivity index (χ0v) is 19.9. The lowest BCUT2D eigenvalue weighted by Gasteiger charge is -2.21. The number of carbonyl (C=O) groups is 2. The number of amides is 2. The molecule has 0 aliphatic carbocycles. The van der Waals surface area contributed by atoms with Gasteiger partial charge < -0.3 is 30.6 Å². The fourth-order valence-corrected chi connectivity index (χ4v) is 3.30. The van der Waals surface area contributed by atoms with E-state index in [1.165, 1.54) is 0 Å². The first-order valence-electron chi connectivity index (χ1n) is 11.3. The van der Waals surface area contributed by atoms with Gasteiger partial charge in [0.15, 0.2) is 0 Å². The third-order valence-corrected chi connectivity index (χ3v) is 5.21. The summed E-state index contributed by atoms with van der Waals surface area (Å²) in [7, 11) is 0. The number of imide groups is 1. The quantitative estimate of drug-likeness (QED) is 0.129. The van der Waals surface area contributed by atoms with Gasteiger partial charge in [-0.2, -0.15) is 12.6 Å². The molecular formula is C23H36N4O5S. The summed E-state index contributed by atoms with van der Waals surface area (Å²) in [6.45, 7) is 4.56. The third kappa shape index (κ3) is 11.4. The molecule has 9 nitrogen and oxygen atoms in total. The Morgan fingerprint density at radius 3 is 2.48 bits per heavy atom. The topological polar surface area (TPSA) is 124 Å². The van der Waals surface area contributed by atoms with Gasteiger partial charge in [-0.15, -0.1) is 0 Å². The molecule has 2 rings (SSSR count).